The Bertz CT molecular complexity index is 1120. The summed E-state index contributed by atoms with van der Waals surface area (Å²) in [6.45, 7) is 3.56. The van der Waals surface area contributed by atoms with Crippen LogP contribution in [0.4, 0.5) is 0 Å². The van der Waals surface area contributed by atoms with Crippen LogP contribution in [0.5, 0.6) is 5.75 Å². The predicted octanol–water partition coefficient (Wildman–Crippen LogP) is 4.15. The van der Waals surface area contributed by atoms with Crippen molar-refractivity contribution < 1.29 is 13.9 Å². The molecule has 0 bridgehead atoms. The zero-order valence-electron chi connectivity index (χ0n) is 18.4. The molecule has 172 valence electrons. The lowest BCUT2D eigenvalue weighted by atomic mass is 10.1. The van der Waals surface area contributed by atoms with Crippen LogP contribution in [-0.4, -0.2) is 41.9 Å². The number of benzene rings is 2. The van der Waals surface area contributed by atoms with Gasteiger partial charge >= 0.3 is 0 Å². The predicted molar refractivity (Wildman–Crippen MR) is 127 cm³/mol. The van der Waals surface area contributed by atoms with Gasteiger partial charge in [-0.1, -0.05) is 60.1 Å². The van der Waals surface area contributed by atoms with Crippen LogP contribution in [-0.2, 0) is 24.4 Å². The number of hydrogen-bond acceptors (Lipinski definition) is 5. The highest BCUT2D eigenvalue weighted by Crippen LogP contribution is 2.18. The van der Waals surface area contributed by atoms with Gasteiger partial charge in [0.15, 0.2) is 0 Å². The molecule has 6 nitrogen and oxygen atoms in total. The van der Waals surface area contributed by atoms with Gasteiger partial charge in [0.2, 0.25) is 17.1 Å². The van der Waals surface area contributed by atoms with Gasteiger partial charge in [-0.3, -0.25) is 14.5 Å². The molecule has 1 saturated heterocycles. The van der Waals surface area contributed by atoms with Crippen molar-refractivity contribution in [2.24, 2.45) is 0 Å². The van der Waals surface area contributed by atoms with E-state index in [2.05, 4.69) is 4.90 Å². The number of amides is 1. The normalized spacial score (nSPS) is 14.3. The third-order valence-corrected chi connectivity index (χ3v) is 6.14. The molecule has 4 rings (SSSR count). The van der Waals surface area contributed by atoms with Crippen LogP contribution in [0.15, 0.2) is 76.1 Å². The molecular weight excluding hydrogens is 440 g/mol. The molecule has 1 aliphatic heterocycles. The molecule has 2 heterocycles. The quantitative estimate of drug-likeness (QED) is 0.499. The average Bonchev–Trinajstić information content (AvgIpc) is 2.84. The smallest absolute Gasteiger partial charge is 0.227 e. The molecule has 0 N–H and O–H groups in total. The van der Waals surface area contributed by atoms with Crippen LogP contribution in [0.1, 0.15) is 23.3 Å². The molecule has 0 atom stereocenters. The maximum Gasteiger partial charge on any atom is 0.227 e. The topological polar surface area (TPSA) is 63.0 Å². The number of hydrogen-bond donors (Lipinski definition) is 0. The monoisotopic (exact) mass is 466 g/mol. The fraction of sp³-hybridized carbons (Fsp3) is 0.308. The molecule has 1 aliphatic rings. The zero-order chi connectivity index (χ0) is 23.0. The first kappa shape index (κ1) is 23.1. The fourth-order valence-corrected chi connectivity index (χ4v) is 4.02. The first-order valence-corrected chi connectivity index (χ1v) is 11.5. The molecule has 0 spiro atoms. The second-order valence-electron chi connectivity index (χ2n) is 8.10. The summed E-state index contributed by atoms with van der Waals surface area (Å²) in [5.41, 5.74) is 1.76. The first-order valence-electron chi connectivity index (χ1n) is 11.1. The summed E-state index contributed by atoms with van der Waals surface area (Å²) in [7, 11) is 0. The van der Waals surface area contributed by atoms with Gasteiger partial charge in [0.1, 0.15) is 18.6 Å². The average molecular weight is 467 g/mol. The van der Waals surface area contributed by atoms with Crippen LogP contribution in [0, 0.1) is 0 Å². The maximum absolute atomic E-state index is 12.5. The highest BCUT2D eigenvalue weighted by atomic mass is 35.5. The lowest BCUT2D eigenvalue weighted by Gasteiger charge is -2.34. The lowest BCUT2D eigenvalue weighted by Crippen LogP contribution is -2.48. The Morgan fingerprint density at radius 2 is 1.73 bits per heavy atom. The molecule has 1 aromatic heterocycles. The fourth-order valence-electron chi connectivity index (χ4n) is 3.83. The van der Waals surface area contributed by atoms with Crippen LogP contribution in [0.2, 0.25) is 5.02 Å². The number of piperazine rings is 1. The van der Waals surface area contributed by atoms with Gasteiger partial charge in [0, 0.05) is 49.3 Å². The molecule has 1 amide bonds. The number of halogens is 1. The van der Waals surface area contributed by atoms with Gasteiger partial charge in [0.05, 0.1) is 6.54 Å². The molecule has 1 fully saturated rings. The molecule has 3 aromatic rings. The standard InChI is InChI=1S/C26H27ClN2O4/c27-23-9-5-4-8-21(23)18-33-25-19-32-22(16-24(25)30)17-28-12-14-29(15-13-28)26(31)11-10-20-6-2-1-3-7-20/h1-9,16,19H,10-15,17-18H2. The van der Waals surface area contributed by atoms with E-state index >= 15 is 0 Å². The van der Waals surface area contributed by atoms with E-state index in [9.17, 15) is 9.59 Å². The molecule has 0 aliphatic carbocycles. The van der Waals surface area contributed by atoms with Crippen LogP contribution < -0.4 is 10.2 Å². The van der Waals surface area contributed by atoms with Crippen LogP contribution >= 0.6 is 11.6 Å². The molecule has 0 radical (unpaired) electrons. The molecule has 33 heavy (non-hydrogen) atoms. The van der Waals surface area contributed by atoms with Crippen molar-refractivity contribution in [1.82, 2.24) is 9.80 Å². The van der Waals surface area contributed by atoms with E-state index in [1.165, 1.54) is 17.9 Å². The molecule has 0 unspecified atom stereocenters. The van der Waals surface area contributed by atoms with E-state index < -0.39 is 0 Å². The third kappa shape index (κ3) is 6.46. The summed E-state index contributed by atoms with van der Waals surface area (Å²) in [5.74, 6) is 0.923. The minimum Gasteiger partial charge on any atom is -0.482 e. The number of ether oxygens (including phenoxy) is 1. The Balaban J connectivity index is 1.23. The number of carbonyl (C=O) groups is 1. The summed E-state index contributed by atoms with van der Waals surface area (Å²) in [5, 5.41) is 0.594. The summed E-state index contributed by atoms with van der Waals surface area (Å²) in [6, 6.07) is 18.9. The Kier molecular flexibility index (Phi) is 7.81. The summed E-state index contributed by atoms with van der Waals surface area (Å²) < 4.78 is 11.2. The largest absolute Gasteiger partial charge is 0.482 e. The van der Waals surface area contributed by atoms with Crippen molar-refractivity contribution in [3.63, 3.8) is 0 Å². The summed E-state index contributed by atoms with van der Waals surface area (Å²) in [6.07, 6.45) is 2.64. The van der Waals surface area contributed by atoms with Crippen LogP contribution in [0.3, 0.4) is 0 Å². The van der Waals surface area contributed by atoms with Gasteiger partial charge in [-0.2, -0.15) is 0 Å². The Morgan fingerprint density at radius 3 is 2.45 bits per heavy atom. The van der Waals surface area contributed by atoms with Crippen molar-refractivity contribution in [3.8, 4) is 5.75 Å². The van der Waals surface area contributed by atoms with Crippen molar-refractivity contribution in [2.45, 2.75) is 26.0 Å². The van der Waals surface area contributed by atoms with E-state index in [4.69, 9.17) is 20.8 Å². The van der Waals surface area contributed by atoms with Crippen LogP contribution in [0.25, 0.3) is 0 Å². The van der Waals surface area contributed by atoms with E-state index in [0.29, 0.717) is 36.8 Å². The summed E-state index contributed by atoms with van der Waals surface area (Å²) >= 11 is 6.13. The Morgan fingerprint density at radius 1 is 1.00 bits per heavy atom. The Hall–Kier alpha value is -3.09. The first-order chi connectivity index (χ1) is 16.1. The lowest BCUT2D eigenvalue weighted by molar-refractivity contribution is -0.133. The van der Waals surface area contributed by atoms with Crippen molar-refractivity contribution in [2.75, 3.05) is 26.2 Å². The Labute approximate surface area is 198 Å². The van der Waals surface area contributed by atoms with Gasteiger partial charge in [0.25, 0.3) is 0 Å². The highest BCUT2D eigenvalue weighted by molar-refractivity contribution is 6.31. The zero-order valence-corrected chi connectivity index (χ0v) is 19.2. The van der Waals surface area contributed by atoms with Crippen molar-refractivity contribution in [1.29, 1.82) is 0 Å². The van der Waals surface area contributed by atoms with Crippen molar-refractivity contribution >= 4 is 17.5 Å². The number of rotatable bonds is 8. The van der Waals surface area contributed by atoms with Gasteiger partial charge in [-0.25, -0.2) is 0 Å². The van der Waals surface area contributed by atoms with E-state index in [1.54, 1.807) is 6.07 Å². The minimum atomic E-state index is -0.224. The third-order valence-electron chi connectivity index (χ3n) is 5.77. The second kappa shape index (κ2) is 11.2. The SMILES string of the molecule is O=C(CCc1ccccc1)N1CCN(Cc2cc(=O)c(OCc3ccccc3Cl)co2)CC1. The number of aryl methyl sites for hydroxylation is 1. The molecule has 0 saturated carbocycles. The number of nitrogens with zero attached hydrogens (tertiary/aromatic N) is 2. The second-order valence-corrected chi connectivity index (χ2v) is 8.50. The highest BCUT2D eigenvalue weighted by Gasteiger charge is 2.21. The molecular formula is C26H27ClN2O4. The maximum atomic E-state index is 12.5. The van der Waals surface area contributed by atoms with Gasteiger partial charge < -0.3 is 14.1 Å². The minimum absolute atomic E-state index is 0.160. The molecule has 2 aromatic carbocycles. The van der Waals surface area contributed by atoms with Gasteiger partial charge in [-0.05, 0) is 18.1 Å². The van der Waals surface area contributed by atoms with Crippen molar-refractivity contribution in [3.05, 3.63) is 99.1 Å². The summed E-state index contributed by atoms with van der Waals surface area (Å²) in [4.78, 5) is 29.1. The van der Waals surface area contributed by atoms with Gasteiger partial charge in [-0.15, -0.1) is 0 Å². The number of carbonyl (C=O) groups excluding carboxylic acids is 1. The van der Waals surface area contributed by atoms with E-state index in [0.717, 1.165) is 25.1 Å². The van der Waals surface area contributed by atoms with E-state index in [-0.39, 0.29) is 23.7 Å². The molecule has 7 heteroatoms. The van der Waals surface area contributed by atoms with E-state index in [1.807, 2.05) is 53.4 Å².